The molecule has 0 amide bonds. The molecule has 0 saturated heterocycles. The Hall–Kier alpha value is -0.540. The van der Waals surface area contributed by atoms with E-state index in [1.54, 1.807) is 6.07 Å². The molecule has 0 spiro atoms. The first kappa shape index (κ1) is 13.9. The van der Waals surface area contributed by atoms with Crippen molar-refractivity contribution >= 4 is 15.9 Å². The molecule has 0 aromatic heterocycles. The van der Waals surface area contributed by atoms with Gasteiger partial charge in [0.25, 0.3) is 0 Å². The third-order valence-corrected chi connectivity index (χ3v) is 4.29. The zero-order chi connectivity index (χ0) is 13.1. The lowest BCUT2D eigenvalue weighted by Crippen LogP contribution is -2.35. The van der Waals surface area contributed by atoms with Gasteiger partial charge in [-0.1, -0.05) is 29.8 Å². The molecule has 0 aliphatic heterocycles. The van der Waals surface area contributed by atoms with Gasteiger partial charge in [-0.25, -0.2) is 0 Å². The molecule has 3 heteroatoms. The zero-order valence-corrected chi connectivity index (χ0v) is 12.7. The number of benzene rings is 1. The first-order valence-corrected chi connectivity index (χ1v) is 7.54. The minimum absolute atomic E-state index is 0.377. The van der Waals surface area contributed by atoms with Crippen molar-refractivity contribution in [2.24, 2.45) is 11.8 Å². The lowest BCUT2D eigenvalue weighted by Gasteiger charge is -2.32. The smallest absolute Gasteiger partial charge is 0.120 e. The molecule has 2 unspecified atom stereocenters. The van der Waals surface area contributed by atoms with E-state index in [-0.39, 0.29) is 0 Å². The van der Waals surface area contributed by atoms with E-state index in [4.69, 9.17) is 0 Å². The monoisotopic (exact) mass is 311 g/mol. The molecular formula is C15H22BrNO. The van der Waals surface area contributed by atoms with E-state index >= 15 is 0 Å². The molecule has 1 saturated carbocycles. The third kappa shape index (κ3) is 3.72. The number of nitrogens with one attached hydrogen (secondary N) is 1. The van der Waals surface area contributed by atoms with Gasteiger partial charge >= 0.3 is 0 Å². The summed E-state index contributed by atoms with van der Waals surface area (Å²) >= 11 is 3.44. The fraction of sp³-hybridized carbons (Fsp3) is 0.600. The van der Waals surface area contributed by atoms with Crippen LogP contribution < -0.4 is 5.32 Å². The topological polar surface area (TPSA) is 32.3 Å². The Morgan fingerprint density at radius 2 is 1.89 bits per heavy atom. The van der Waals surface area contributed by atoms with E-state index in [0.717, 1.165) is 28.4 Å². The zero-order valence-electron chi connectivity index (χ0n) is 11.1. The Labute approximate surface area is 118 Å². The number of hydrogen-bond donors (Lipinski definition) is 2. The molecule has 1 aromatic carbocycles. The van der Waals surface area contributed by atoms with Gasteiger partial charge in [0.05, 0.1) is 0 Å². The first-order chi connectivity index (χ1) is 8.54. The number of hydrogen-bond acceptors (Lipinski definition) is 2. The molecule has 100 valence electrons. The summed E-state index contributed by atoms with van der Waals surface area (Å²) in [5.74, 6) is 1.99. The summed E-state index contributed by atoms with van der Waals surface area (Å²) in [6.45, 7) is 5.41. The van der Waals surface area contributed by atoms with Gasteiger partial charge in [0.2, 0.25) is 0 Å². The summed E-state index contributed by atoms with van der Waals surface area (Å²) < 4.78 is 1.02. The average Bonchev–Trinajstić information content (AvgIpc) is 2.29. The van der Waals surface area contributed by atoms with Gasteiger partial charge in [-0.2, -0.15) is 0 Å². The maximum Gasteiger partial charge on any atom is 0.120 e. The Balaban J connectivity index is 1.92. The van der Waals surface area contributed by atoms with Crippen LogP contribution in [0.25, 0.3) is 0 Å². The fourth-order valence-corrected chi connectivity index (χ4v) is 3.47. The van der Waals surface area contributed by atoms with Crippen molar-refractivity contribution in [3.05, 3.63) is 28.2 Å². The molecule has 18 heavy (non-hydrogen) atoms. The van der Waals surface area contributed by atoms with Crippen molar-refractivity contribution in [3.8, 4) is 5.75 Å². The van der Waals surface area contributed by atoms with Crippen LogP contribution in [0, 0.1) is 11.8 Å². The molecule has 2 rings (SSSR count). The van der Waals surface area contributed by atoms with E-state index in [9.17, 15) is 5.11 Å². The molecular weight excluding hydrogens is 290 g/mol. The maximum atomic E-state index is 9.81. The predicted octanol–water partition coefficient (Wildman–Crippen LogP) is 4.07. The first-order valence-electron chi connectivity index (χ1n) is 6.75. The Morgan fingerprint density at radius 3 is 2.56 bits per heavy atom. The van der Waals surface area contributed by atoms with Crippen LogP contribution >= 0.6 is 15.9 Å². The molecule has 0 bridgehead atoms. The second-order valence-electron chi connectivity index (χ2n) is 5.77. The summed E-state index contributed by atoms with van der Waals surface area (Å²) in [5.41, 5.74) is 0.968. The number of aromatic hydroxyl groups is 1. The quantitative estimate of drug-likeness (QED) is 0.882. The van der Waals surface area contributed by atoms with Crippen LogP contribution in [0.15, 0.2) is 22.7 Å². The molecule has 2 N–H and O–H groups in total. The number of halogens is 1. The summed E-state index contributed by atoms with van der Waals surface area (Å²) in [5, 5.41) is 13.4. The molecule has 1 fully saturated rings. The minimum Gasteiger partial charge on any atom is -0.508 e. The third-order valence-electron chi connectivity index (χ3n) is 3.80. The van der Waals surface area contributed by atoms with Crippen molar-refractivity contribution in [3.63, 3.8) is 0 Å². The number of phenolic OH excluding ortho intramolecular Hbond substituents is 1. The van der Waals surface area contributed by atoms with Crippen LogP contribution in [0.1, 0.15) is 38.7 Å². The lowest BCUT2D eigenvalue weighted by molar-refractivity contribution is 0.237. The maximum absolute atomic E-state index is 9.81. The Morgan fingerprint density at radius 1 is 1.22 bits per heavy atom. The Bertz CT molecular complexity index is 397. The standard InChI is InChI=1S/C15H22BrNO/c1-10-5-11(2)7-14(6-10)17-9-12-8-13(16)3-4-15(12)18/h3-4,8,10-11,14,17-18H,5-7,9H2,1-2H3. The molecule has 0 radical (unpaired) electrons. The highest BCUT2D eigenvalue weighted by Gasteiger charge is 2.23. The molecule has 1 aliphatic rings. The van der Waals surface area contributed by atoms with Crippen molar-refractivity contribution in [1.82, 2.24) is 5.32 Å². The van der Waals surface area contributed by atoms with Crippen molar-refractivity contribution < 1.29 is 5.11 Å². The van der Waals surface area contributed by atoms with Gasteiger partial charge in [-0.3, -0.25) is 0 Å². The molecule has 2 atom stereocenters. The average molecular weight is 312 g/mol. The van der Waals surface area contributed by atoms with Gasteiger partial charge in [0.1, 0.15) is 5.75 Å². The minimum atomic E-state index is 0.377. The van der Waals surface area contributed by atoms with Crippen LogP contribution in [0.2, 0.25) is 0 Å². The molecule has 0 heterocycles. The number of rotatable bonds is 3. The van der Waals surface area contributed by atoms with Gasteiger partial charge in [0, 0.05) is 22.6 Å². The highest BCUT2D eigenvalue weighted by atomic mass is 79.9. The summed E-state index contributed by atoms with van der Waals surface area (Å²) in [4.78, 5) is 0. The van der Waals surface area contributed by atoms with E-state index in [2.05, 4.69) is 35.1 Å². The normalized spacial score (nSPS) is 28.3. The summed E-state index contributed by atoms with van der Waals surface area (Å²) in [7, 11) is 0. The second kappa shape index (κ2) is 6.07. The second-order valence-corrected chi connectivity index (χ2v) is 6.68. The molecule has 2 nitrogen and oxygen atoms in total. The lowest BCUT2D eigenvalue weighted by atomic mass is 9.80. The highest BCUT2D eigenvalue weighted by Crippen LogP contribution is 2.29. The molecule has 1 aromatic rings. The van der Waals surface area contributed by atoms with Crippen LogP contribution in [0.3, 0.4) is 0 Å². The van der Waals surface area contributed by atoms with E-state index < -0.39 is 0 Å². The van der Waals surface area contributed by atoms with E-state index in [1.165, 1.54) is 19.3 Å². The summed E-state index contributed by atoms with van der Waals surface area (Å²) in [6.07, 6.45) is 3.85. The summed E-state index contributed by atoms with van der Waals surface area (Å²) in [6, 6.07) is 6.18. The van der Waals surface area contributed by atoms with Gasteiger partial charge < -0.3 is 10.4 Å². The van der Waals surface area contributed by atoms with E-state index in [0.29, 0.717) is 11.8 Å². The van der Waals surface area contributed by atoms with Crippen molar-refractivity contribution in [2.45, 2.75) is 45.7 Å². The van der Waals surface area contributed by atoms with Gasteiger partial charge in [0.15, 0.2) is 0 Å². The van der Waals surface area contributed by atoms with Gasteiger partial charge in [-0.05, 0) is 49.3 Å². The van der Waals surface area contributed by atoms with Gasteiger partial charge in [-0.15, -0.1) is 0 Å². The van der Waals surface area contributed by atoms with Crippen LogP contribution in [-0.2, 0) is 6.54 Å². The SMILES string of the molecule is CC1CC(C)CC(NCc2cc(Br)ccc2O)C1. The molecule has 1 aliphatic carbocycles. The van der Waals surface area contributed by atoms with Crippen molar-refractivity contribution in [2.75, 3.05) is 0 Å². The highest BCUT2D eigenvalue weighted by molar-refractivity contribution is 9.10. The van der Waals surface area contributed by atoms with Crippen LogP contribution in [-0.4, -0.2) is 11.1 Å². The Kier molecular flexibility index (Phi) is 4.68. The fourth-order valence-electron chi connectivity index (χ4n) is 3.06. The number of phenols is 1. The largest absolute Gasteiger partial charge is 0.508 e. The van der Waals surface area contributed by atoms with Crippen LogP contribution in [0.4, 0.5) is 0 Å². The van der Waals surface area contributed by atoms with E-state index in [1.807, 2.05) is 12.1 Å². The van der Waals surface area contributed by atoms with Crippen molar-refractivity contribution in [1.29, 1.82) is 0 Å². The van der Waals surface area contributed by atoms with Crippen LogP contribution in [0.5, 0.6) is 5.75 Å². The predicted molar refractivity (Wildman–Crippen MR) is 78.6 cm³/mol.